The van der Waals surface area contributed by atoms with Crippen LogP contribution in [0, 0.1) is 11.8 Å². The molecule has 0 spiro atoms. The maximum absolute atomic E-state index is 3.75. The Kier molecular flexibility index (Phi) is 5.00. The van der Waals surface area contributed by atoms with Crippen LogP contribution in [0.4, 0.5) is 0 Å². The highest BCUT2D eigenvalue weighted by Crippen LogP contribution is 2.12. The minimum atomic E-state index is 0.645. The summed E-state index contributed by atoms with van der Waals surface area (Å²) >= 11 is 0. The minimum Gasteiger partial charge on any atom is -0.103 e. The Morgan fingerprint density at radius 1 is 1.30 bits per heavy atom. The van der Waals surface area contributed by atoms with Crippen molar-refractivity contribution in [3.63, 3.8) is 0 Å². The van der Waals surface area contributed by atoms with Crippen molar-refractivity contribution in [2.75, 3.05) is 0 Å². The first-order chi connectivity index (χ1) is 4.70. The first-order valence-corrected chi connectivity index (χ1v) is 3.96. The normalized spacial score (nSPS) is 17.1. The van der Waals surface area contributed by atoms with E-state index in [1.165, 1.54) is 6.42 Å². The van der Waals surface area contributed by atoms with Crippen molar-refractivity contribution in [2.45, 2.75) is 27.2 Å². The molecule has 0 amide bonds. The van der Waals surface area contributed by atoms with Gasteiger partial charge in [-0.25, -0.2) is 0 Å². The molecule has 0 aliphatic rings. The van der Waals surface area contributed by atoms with E-state index in [2.05, 4.69) is 39.5 Å². The second-order valence-corrected chi connectivity index (χ2v) is 2.95. The Morgan fingerprint density at radius 2 is 1.90 bits per heavy atom. The largest absolute Gasteiger partial charge is 0.103 e. The van der Waals surface area contributed by atoms with E-state index in [0.29, 0.717) is 11.8 Å². The third kappa shape index (κ3) is 4.37. The molecule has 2 atom stereocenters. The van der Waals surface area contributed by atoms with Gasteiger partial charge in [-0.2, -0.15) is 0 Å². The van der Waals surface area contributed by atoms with Crippen LogP contribution in [0.5, 0.6) is 0 Å². The van der Waals surface area contributed by atoms with Crippen molar-refractivity contribution in [1.82, 2.24) is 0 Å². The van der Waals surface area contributed by atoms with Crippen molar-refractivity contribution in [1.29, 1.82) is 0 Å². The Hall–Kier alpha value is -0.520. The van der Waals surface area contributed by atoms with Crippen molar-refractivity contribution < 1.29 is 0 Å². The molecular weight excluding hydrogens is 120 g/mol. The predicted molar refractivity (Wildman–Crippen MR) is 48.0 cm³/mol. The molecule has 0 N–H and O–H groups in total. The zero-order valence-corrected chi connectivity index (χ0v) is 7.30. The summed E-state index contributed by atoms with van der Waals surface area (Å²) in [5.41, 5.74) is 0. The highest BCUT2D eigenvalue weighted by atomic mass is 14.1. The standard InChI is InChI=1S/C10H18/c1-5-7-10(4)8-9(3)6-2/h5-7,9-10H,2,8H2,1,3-4H3/b7-5+. The summed E-state index contributed by atoms with van der Waals surface area (Å²) in [5, 5.41) is 0. The molecule has 0 fully saturated rings. The van der Waals surface area contributed by atoms with Gasteiger partial charge in [-0.1, -0.05) is 32.1 Å². The Labute approximate surface area is 64.6 Å². The van der Waals surface area contributed by atoms with Crippen molar-refractivity contribution in [2.24, 2.45) is 11.8 Å². The average molecular weight is 138 g/mol. The molecule has 0 heterocycles. The molecule has 0 saturated heterocycles. The van der Waals surface area contributed by atoms with Gasteiger partial charge < -0.3 is 0 Å². The zero-order chi connectivity index (χ0) is 7.98. The molecule has 0 saturated carbocycles. The predicted octanol–water partition coefficient (Wildman–Crippen LogP) is 3.41. The molecule has 0 aromatic rings. The van der Waals surface area contributed by atoms with E-state index in [0.717, 1.165) is 0 Å². The lowest BCUT2D eigenvalue weighted by Gasteiger charge is -2.08. The molecule has 0 rings (SSSR count). The van der Waals surface area contributed by atoms with Gasteiger partial charge in [0, 0.05) is 0 Å². The van der Waals surface area contributed by atoms with Gasteiger partial charge >= 0.3 is 0 Å². The van der Waals surface area contributed by atoms with Gasteiger partial charge in [-0.15, -0.1) is 6.58 Å². The van der Waals surface area contributed by atoms with Crippen LogP contribution in [-0.4, -0.2) is 0 Å². The summed E-state index contributed by atoms with van der Waals surface area (Å²) < 4.78 is 0. The Bertz CT molecular complexity index is 111. The van der Waals surface area contributed by atoms with Gasteiger partial charge in [0.15, 0.2) is 0 Å². The van der Waals surface area contributed by atoms with Crippen molar-refractivity contribution in [3.05, 3.63) is 24.8 Å². The number of hydrogen-bond donors (Lipinski definition) is 0. The summed E-state index contributed by atoms with van der Waals surface area (Å²) in [6.45, 7) is 10.3. The van der Waals surface area contributed by atoms with E-state index in [1.54, 1.807) is 0 Å². The van der Waals surface area contributed by atoms with E-state index in [1.807, 2.05) is 6.08 Å². The van der Waals surface area contributed by atoms with Crippen molar-refractivity contribution in [3.8, 4) is 0 Å². The number of allylic oxidation sites excluding steroid dienone is 3. The number of hydrogen-bond acceptors (Lipinski definition) is 0. The second kappa shape index (κ2) is 5.28. The maximum Gasteiger partial charge on any atom is -0.0257 e. The van der Waals surface area contributed by atoms with Crippen LogP contribution >= 0.6 is 0 Å². The quantitative estimate of drug-likeness (QED) is 0.522. The van der Waals surface area contributed by atoms with Crippen molar-refractivity contribution >= 4 is 0 Å². The third-order valence-corrected chi connectivity index (χ3v) is 1.67. The molecule has 0 nitrogen and oxygen atoms in total. The van der Waals surface area contributed by atoms with Gasteiger partial charge in [0.05, 0.1) is 0 Å². The fourth-order valence-corrected chi connectivity index (χ4v) is 1.09. The lowest BCUT2D eigenvalue weighted by Crippen LogP contribution is -1.96. The van der Waals surface area contributed by atoms with Crippen LogP contribution in [0.1, 0.15) is 27.2 Å². The van der Waals surface area contributed by atoms with Gasteiger partial charge in [-0.05, 0) is 25.2 Å². The third-order valence-electron chi connectivity index (χ3n) is 1.67. The van der Waals surface area contributed by atoms with Gasteiger partial charge in [0.25, 0.3) is 0 Å². The van der Waals surface area contributed by atoms with Gasteiger partial charge in [0.1, 0.15) is 0 Å². The highest BCUT2D eigenvalue weighted by Gasteiger charge is 2.00. The van der Waals surface area contributed by atoms with Crippen LogP contribution < -0.4 is 0 Å². The fraction of sp³-hybridized carbons (Fsp3) is 0.600. The topological polar surface area (TPSA) is 0 Å². The summed E-state index contributed by atoms with van der Waals surface area (Å²) in [5.74, 6) is 1.34. The molecule has 0 aliphatic heterocycles. The molecule has 2 unspecified atom stereocenters. The lowest BCUT2D eigenvalue weighted by atomic mass is 9.97. The molecular formula is C10H18. The molecule has 0 aromatic heterocycles. The van der Waals surface area contributed by atoms with E-state index >= 15 is 0 Å². The molecule has 0 aromatic carbocycles. The molecule has 10 heavy (non-hydrogen) atoms. The molecule has 58 valence electrons. The fourth-order valence-electron chi connectivity index (χ4n) is 1.09. The molecule has 0 heteroatoms. The van der Waals surface area contributed by atoms with Gasteiger partial charge in [0.2, 0.25) is 0 Å². The van der Waals surface area contributed by atoms with Crippen LogP contribution in [0.25, 0.3) is 0 Å². The monoisotopic (exact) mass is 138 g/mol. The molecule has 0 bridgehead atoms. The Morgan fingerprint density at radius 3 is 2.30 bits per heavy atom. The first kappa shape index (κ1) is 9.48. The van der Waals surface area contributed by atoms with E-state index in [9.17, 15) is 0 Å². The van der Waals surface area contributed by atoms with E-state index in [-0.39, 0.29) is 0 Å². The summed E-state index contributed by atoms with van der Waals surface area (Å²) in [4.78, 5) is 0. The summed E-state index contributed by atoms with van der Waals surface area (Å²) in [7, 11) is 0. The maximum atomic E-state index is 3.75. The van der Waals surface area contributed by atoms with Crippen LogP contribution in [0.2, 0.25) is 0 Å². The summed E-state index contributed by atoms with van der Waals surface area (Å²) in [6, 6.07) is 0. The van der Waals surface area contributed by atoms with Gasteiger partial charge in [-0.3, -0.25) is 0 Å². The molecule has 0 aliphatic carbocycles. The lowest BCUT2D eigenvalue weighted by molar-refractivity contribution is 0.544. The Balaban J connectivity index is 3.55. The van der Waals surface area contributed by atoms with E-state index < -0.39 is 0 Å². The van der Waals surface area contributed by atoms with E-state index in [4.69, 9.17) is 0 Å². The molecule has 0 radical (unpaired) electrons. The smallest absolute Gasteiger partial charge is 0.0257 e. The number of rotatable bonds is 4. The first-order valence-electron chi connectivity index (χ1n) is 3.96. The van der Waals surface area contributed by atoms with Crippen LogP contribution in [0.3, 0.4) is 0 Å². The second-order valence-electron chi connectivity index (χ2n) is 2.95. The SMILES string of the molecule is C=CC(C)CC(C)/C=C/C. The zero-order valence-electron chi connectivity index (χ0n) is 7.30. The van der Waals surface area contributed by atoms with Crippen LogP contribution in [0.15, 0.2) is 24.8 Å². The average Bonchev–Trinajstić information content (AvgIpc) is 1.88. The summed E-state index contributed by atoms with van der Waals surface area (Å²) in [6.07, 6.45) is 7.58. The van der Waals surface area contributed by atoms with Crippen LogP contribution in [-0.2, 0) is 0 Å². The highest BCUT2D eigenvalue weighted by molar-refractivity contribution is 4.86. The minimum absolute atomic E-state index is 0.645.